The van der Waals surface area contributed by atoms with Crippen LogP contribution in [0.25, 0.3) is 0 Å². The Hall–Kier alpha value is -2.15. The first-order valence-electron chi connectivity index (χ1n) is 6.86. The molecule has 0 bridgehead atoms. The van der Waals surface area contributed by atoms with Crippen molar-refractivity contribution < 1.29 is 14.7 Å². The molecule has 6 nitrogen and oxygen atoms in total. The van der Waals surface area contributed by atoms with E-state index in [4.69, 9.17) is 5.11 Å². The first-order valence-corrected chi connectivity index (χ1v) is 7.74. The molecule has 1 aromatic carbocycles. The molecule has 0 radical (unpaired) electrons. The van der Waals surface area contributed by atoms with Gasteiger partial charge >= 0.3 is 5.97 Å². The minimum absolute atomic E-state index is 0.226. The van der Waals surface area contributed by atoms with E-state index in [1.165, 1.54) is 5.56 Å². The predicted molar refractivity (Wildman–Crippen MR) is 87.3 cm³/mol. The molecule has 22 heavy (non-hydrogen) atoms. The van der Waals surface area contributed by atoms with Gasteiger partial charge in [-0.1, -0.05) is 49.9 Å². The Morgan fingerprint density at radius 1 is 1.41 bits per heavy atom. The maximum absolute atomic E-state index is 11.5. The number of nitrogens with one attached hydrogen (secondary N) is 1. The third-order valence-electron chi connectivity index (χ3n) is 3.09. The van der Waals surface area contributed by atoms with E-state index in [-0.39, 0.29) is 12.3 Å². The molecular formula is C15H17N3O3S. The number of hydrogen-bond acceptors (Lipinski definition) is 5. The highest BCUT2D eigenvalue weighted by atomic mass is 32.2. The minimum Gasteiger partial charge on any atom is -0.481 e. The third kappa shape index (κ3) is 4.42. The molecule has 2 rings (SSSR count). The molecule has 1 atom stereocenters. The average molecular weight is 319 g/mol. The second-order valence-electron chi connectivity index (χ2n) is 5.16. The number of rotatable bonds is 5. The Morgan fingerprint density at radius 3 is 2.68 bits per heavy atom. The highest BCUT2D eigenvalue weighted by Crippen LogP contribution is 2.22. The predicted octanol–water partition coefficient (Wildman–Crippen LogP) is 2.21. The van der Waals surface area contributed by atoms with Gasteiger partial charge in [0.05, 0.1) is 12.6 Å². The highest BCUT2D eigenvalue weighted by molar-refractivity contribution is 8.15. The lowest BCUT2D eigenvalue weighted by molar-refractivity contribution is -0.138. The molecule has 1 saturated heterocycles. The number of carboxylic acids is 1. The second-order valence-corrected chi connectivity index (χ2v) is 6.36. The average Bonchev–Trinajstić information content (AvgIpc) is 2.79. The molecule has 0 spiro atoms. The van der Waals surface area contributed by atoms with Crippen LogP contribution in [0.3, 0.4) is 0 Å². The molecule has 0 aromatic heterocycles. The Bertz CT molecular complexity index is 623. The molecule has 0 aliphatic carbocycles. The largest absolute Gasteiger partial charge is 0.481 e. The third-order valence-corrected chi connectivity index (χ3v) is 4.17. The normalized spacial score (nSPS) is 20.0. The van der Waals surface area contributed by atoms with Gasteiger partial charge in [0, 0.05) is 0 Å². The molecule has 1 aromatic rings. The molecule has 1 fully saturated rings. The zero-order chi connectivity index (χ0) is 16.1. The van der Waals surface area contributed by atoms with E-state index >= 15 is 0 Å². The number of amidine groups is 1. The summed E-state index contributed by atoms with van der Waals surface area (Å²) in [5.41, 5.74) is 2.16. The van der Waals surface area contributed by atoms with Crippen LogP contribution < -0.4 is 5.32 Å². The first-order chi connectivity index (χ1) is 10.5. The summed E-state index contributed by atoms with van der Waals surface area (Å²) in [5.74, 6) is -0.882. The SMILES string of the molecule is CC(C)c1ccc(/C=N/N=C2/NC(=O)[C@@H](CC(=O)O)S2)cc1. The van der Waals surface area contributed by atoms with Gasteiger partial charge in [0.25, 0.3) is 0 Å². The van der Waals surface area contributed by atoms with Gasteiger partial charge in [0.1, 0.15) is 5.25 Å². The van der Waals surface area contributed by atoms with Gasteiger partial charge in [-0.3, -0.25) is 9.59 Å². The molecule has 1 amide bonds. The molecule has 0 unspecified atom stereocenters. The summed E-state index contributed by atoms with van der Waals surface area (Å²) in [6, 6.07) is 7.97. The summed E-state index contributed by atoms with van der Waals surface area (Å²) >= 11 is 1.08. The first kappa shape index (κ1) is 16.2. The number of carboxylic acid groups (broad SMARTS) is 1. The molecular weight excluding hydrogens is 302 g/mol. The van der Waals surface area contributed by atoms with Gasteiger partial charge in [-0.25, -0.2) is 0 Å². The molecule has 0 saturated carbocycles. The molecule has 116 valence electrons. The summed E-state index contributed by atoms with van der Waals surface area (Å²) in [6.07, 6.45) is 1.37. The van der Waals surface area contributed by atoms with Crippen molar-refractivity contribution in [2.24, 2.45) is 10.2 Å². The lowest BCUT2D eigenvalue weighted by Gasteiger charge is -2.03. The number of carbonyl (C=O) groups is 2. The maximum atomic E-state index is 11.5. The fourth-order valence-electron chi connectivity index (χ4n) is 1.86. The van der Waals surface area contributed by atoms with Crippen molar-refractivity contribution >= 4 is 35.0 Å². The van der Waals surface area contributed by atoms with Crippen molar-refractivity contribution in [2.45, 2.75) is 31.4 Å². The van der Waals surface area contributed by atoms with Gasteiger partial charge in [0.2, 0.25) is 5.91 Å². The van der Waals surface area contributed by atoms with E-state index in [1.54, 1.807) is 6.21 Å². The Kier molecular flexibility index (Phi) is 5.32. The quantitative estimate of drug-likeness (QED) is 0.643. The summed E-state index contributed by atoms with van der Waals surface area (Å²) in [6.45, 7) is 4.26. The summed E-state index contributed by atoms with van der Waals surface area (Å²) < 4.78 is 0. The van der Waals surface area contributed by atoms with Crippen LogP contribution in [-0.2, 0) is 9.59 Å². The number of carbonyl (C=O) groups excluding carboxylic acids is 1. The molecule has 1 aliphatic heterocycles. The van der Waals surface area contributed by atoms with Crippen LogP contribution in [0.5, 0.6) is 0 Å². The number of aliphatic carboxylic acids is 1. The summed E-state index contributed by atoms with van der Waals surface area (Å²) in [5, 5.41) is 18.7. The van der Waals surface area contributed by atoms with E-state index in [0.29, 0.717) is 11.1 Å². The van der Waals surface area contributed by atoms with Gasteiger partial charge < -0.3 is 10.4 Å². The summed E-state index contributed by atoms with van der Waals surface area (Å²) in [7, 11) is 0. The molecule has 1 aliphatic rings. The van der Waals surface area contributed by atoms with Gasteiger partial charge in [-0.15, -0.1) is 5.10 Å². The molecule has 7 heteroatoms. The Morgan fingerprint density at radius 2 is 2.09 bits per heavy atom. The van der Waals surface area contributed by atoms with Gasteiger partial charge in [0.15, 0.2) is 5.17 Å². The van der Waals surface area contributed by atoms with E-state index < -0.39 is 11.2 Å². The topological polar surface area (TPSA) is 91.1 Å². The van der Waals surface area contributed by atoms with Gasteiger partial charge in [-0.05, 0) is 17.0 Å². The maximum Gasteiger partial charge on any atom is 0.305 e. The lowest BCUT2D eigenvalue weighted by atomic mass is 10.0. The Balaban J connectivity index is 1.96. The van der Waals surface area contributed by atoms with Gasteiger partial charge in [-0.2, -0.15) is 5.10 Å². The van der Waals surface area contributed by atoms with Crippen LogP contribution in [0, 0.1) is 0 Å². The lowest BCUT2D eigenvalue weighted by Crippen LogP contribution is -2.26. The second kappa shape index (κ2) is 7.22. The fraction of sp³-hybridized carbons (Fsp3) is 0.333. The molecule has 2 N–H and O–H groups in total. The number of hydrogen-bond donors (Lipinski definition) is 2. The van der Waals surface area contributed by atoms with Crippen LogP contribution in [-0.4, -0.2) is 33.6 Å². The van der Waals surface area contributed by atoms with Crippen LogP contribution in [0.2, 0.25) is 0 Å². The van der Waals surface area contributed by atoms with E-state index in [0.717, 1.165) is 17.3 Å². The zero-order valence-corrected chi connectivity index (χ0v) is 13.1. The number of benzene rings is 1. The fourth-order valence-corrected chi connectivity index (χ4v) is 2.78. The zero-order valence-electron chi connectivity index (χ0n) is 12.3. The van der Waals surface area contributed by atoms with Crippen LogP contribution in [0.1, 0.15) is 37.3 Å². The highest BCUT2D eigenvalue weighted by Gasteiger charge is 2.32. The van der Waals surface area contributed by atoms with E-state index in [9.17, 15) is 9.59 Å². The van der Waals surface area contributed by atoms with Crippen molar-refractivity contribution in [1.29, 1.82) is 0 Å². The Labute approximate surface area is 132 Å². The number of nitrogens with zero attached hydrogens (tertiary/aromatic N) is 2. The number of amides is 1. The van der Waals surface area contributed by atoms with Crippen molar-refractivity contribution in [3.8, 4) is 0 Å². The monoisotopic (exact) mass is 319 g/mol. The van der Waals surface area contributed by atoms with Crippen molar-refractivity contribution in [3.63, 3.8) is 0 Å². The number of thioether (sulfide) groups is 1. The van der Waals surface area contributed by atoms with Crippen molar-refractivity contribution in [3.05, 3.63) is 35.4 Å². The van der Waals surface area contributed by atoms with E-state index in [1.807, 2.05) is 24.3 Å². The standard InChI is InChI=1S/C15H17N3O3S/c1-9(2)11-5-3-10(4-6-11)8-16-18-15-17-14(21)12(22-15)7-13(19)20/h3-6,8-9,12H,7H2,1-2H3,(H,19,20)(H,17,18,21)/b16-8+/t12-/m1/s1. The van der Waals surface area contributed by atoms with Crippen LogP contribution >= 0.6 is 11.8 Å². The van der Waals surface area contributed by atoms with Crippen LogP contribution in [0.4, 0.5) is 0 Å². The minimum atomic E-state index is -1.01. The van der Waals surface area contributed by atoms with Crippen molar-refractivity contribution in [2.75, 3.05) is 0 Å². The molecule has 1 heterocycles. The van der Waals surface area contributed by atoms with E-state index in [2.05, 4.69) is 29.4 Å². The van der Waals surface area contributed by atoms with Crippen LogP contribution in [0.15, 0.2) is 34.5 Å². The summed E-state index contributed by atoms with van der Waals surface area (Å²) in [4.78, 5) is 22.1. The smallest absolute Gasteiger partial charge is 0.305 e. The van der Waals surface area contributed by atoms with Crippen molar-refractivity contribution in [1.82, 2.24) is 5.32 Å².